The van der Waals surface area contributed by atoms with Gasteiger partial charge in [0.05, 0.1) is 31.9 Å². The highest BCUT2D eigenvalue weighted by Crippen LogP contribution is 2.24. The Morgan fingerprint density at radius 3 is 2.45 bits per heavy atom. The molecular formula is C39H47N5O6S. The van der Waals surface area contributed by atoms with E-state index in [4.69, 9.17) is 9.47 Å². The number of nitrogens with one attached hydrogen (secondary N) is 2. The van der Waals surface area contributed by atoms with Crippen LogP contribution in [-0.4, -0.2) is 89.8 Å². The van der Waals surface area contributed by atoms with Crippen molar-refractivity contribution >= 4 is 29.2 Å². The highest BCUT2D eigenvalue weighted by molar-refractivity contribution is 7.09. The van der Waals surface area contributed by atoms with Crippen LogP contribution in [-0.2, 0) is 24.2 Å². The zero-order valence-electron chi connectivity index (χ0n) is 29.6. The van der Waals surface area contributed by atoms with Gasteiger partial charge in [-0.05, 0) is 66.3 Å². The van der Waals surface area contributed by atoms with Crippen LogP contribution in [0.1, 0.15) is 67.9 Å². The summed E-state index contributed by atoms with van der Waals surface area (Å²) in [6, 6.07) is 21.4. The maximum absolute atomic E-state index is 13.6. The van der Waals surface area contributed by atoms with Crippen molar-refractivity contribution in [2.75, 3.05) is 39.9 Å². The Kier molecular flexibility index (Phi) is 13.3. The molecule has 2 heterocycles. The van der Waals surface area contributed by atoms with Crippen LogP contribution in [0.25, 0.3) is 0 Å². The third kappa shape index (κ3) is 10.9. The number of rotatable bonds is 14. The molecule has 0 saturated carbocycles. The quantitative estimate of drug-likeness (QED) is 0.163. The largest absolute Gasteiger partial charge is 0.415 e. The number of ether oxygens (including phenoxy) is 2. The van der Waals surface area contributed by atoms with Gasteiger partial charge in [-0.25, -0.2) is 9.78 Å². The van der Waals surface area contributed by atoms with Crippen molar-refractivity contribution in [2.45, 2.75) is 58.3 Å². The predicted molar refractivity (Wildman–Crippen MR) is 197 cm³/mol. The van der Waals surface area contributed by atoms with Crippen LogP contribution in [0.5, 0.6) is 5.75 Å². The fourth-order valence-corrected chi connectivity index (χ4v) is 6.59. The lowest BCUT2D eigenvalue weighted by Gasteiger charge is -2.26. The molecule has 1 aliphatic rings. The Morgan fingerprint density at radius 2 is 1.75 bits per heavy atom. The lowest BCUT2D eigenvalue weighted by atomic mass is 9.99. The number of thiazole rings is 1. The van der Waals surface area contributed by atoms with Gasteiger partial charge in [-0.3, -0.25) is 9.59 Å². The van der Waals surface area contributed by atoms with Crippen molar-refractivity contribution < 1.29 is 29.0 Å². The van der Waals surface area contributed by atoms with Crippen molar-refractivity contribution in [3.05, 3.63) is 117 Å². The van der Waals surface area contributed by atoms with Gasteiger partial charge in [-0.15, -0.1) is 11.3 Å². The molecule has 1 aromatic heterocycles. The molecule has 0 spiro atoms. The fourth-order valence-electron chi connectivity index (χ4n) is 5.77. The highest BCUT2D eigenvalue weighted by Gasteiger charge is 2.24. The molecule has 1 aliphatic heterocycles. The molecule has 51 heavy (non-hydrogen) atoms. The maximum atomic E-state index is 13.6. The molecule has 12 heteroatoms. The Balaban J connectivity index is 1.24. The number of nitrogens with zero attached hydrogens (tertiary/aromatic N) is 3. The Morgan fingerprint density at radius 1 is 1.00 bits per heavy atom. The molecule has 5 rings (SSSR count). The van der Waals surface area contributed by atoms with Gasteiger partial charge in [-0.2, -0.15) is 0 Å². The van der Waals surface area contributed by atoms with Gasteiger partial charge in [0.1, 0.15) is 10.8 Å². The molecule has 0 aliphatic carbocycles. The Bertz CT molecular complexity index is 1770. The average molecular weight is 714 g/mol. The van der Waals surface area contributed by atoms with Crippen LogP contribution < -0.4 is 15.4 Å². The van der Waals surface area contributed by atoms with Crippen molar-refractivity contribution in [3.8, 4) is 5.75 Å². The van der Waals surface area contributed by atoms with Crippen LogP contribution in [0.4, 0.5) is 4.79 Å². The second-order valence-electron chi connectivity index (χ2n) is 13.1. The van der Waals surface area contributed by atoms with Crippen molar-refractivity contribution in [3.63, 3.8) is 0 Å². The molecule has 3 aromatic carbocycles. The Labute approximate surface area is 303 Å². The number of amides is 3. The van der Waals surface area contributed by atoms with E-state index in [2.05, 4.69) is 35.5 Å². The minimum absolute atomic E-state index is 0.187. The lowest BCUT2D eigenvalue weighted by molar-refractivity contribution is 0.0416. The number of hydrogen-bond donors (Lipinski definition) is 3. The second kappa shape index (κ2) is 18.0. The van der Waals surface area contributed by atoms with E-state index in [1.54, 1.807) is 41.1 Å². The molecule has 4 aromatic rings. The summed E-state index contributed by atoms with van der Waals surface area (Å²) < 4.78 is 11.1. The second-order valence-corrected chi connectivity index (χ2v) is 14.1. The highest BCUT2D eigenvalue weighted by atomic mass is 32.1. The van der Waals surface area contributed by atoms with E-state index < -0.39 is 18.2 Å². The van der Waals surface area contributed by atoms with Gasteiger partial charge in [0.2, 0.25) is 0 Å². The van der Waals surface area contributed by atoms with Gasteiger partial charge >= 0.3 is 6.09 Å². The molecule has 0 radical (unpaired) electrons. The van der Waals surface area contributed by atoms with E-state index in [1.165, 1.54) is 11.3 Å². The summed E-state index contributed by atoms with van der Waals surface area (Å²) in [6.45, 7) is 8.99. The number of aromatic nitrogens is 1. The molecule has 2 unspecified atom stereocenters. The zero-order chi connectivity index (χ0) is 36.3. The number of carbonyl (C=O) groups is 3. The van der Waals surface area contributed by atoms with Gasteiger partial charge in [0.25, 0.3) is 11.8 Å². The monoisotopic (exact) mass is 713 g/mol. The van der Waals surface area contributed by atoms with E-state index in [0.717, 1.165) is 27.4 Å². The van der Waals surface area contributed by atoms with Gasteiger partial charge < -0.3 is 35.0 Å². The molecule has 1 fully saturated rings. The third-order valence-corrected chi connectivity index (χ3v) is 9.60. The first-order chi connectivity index (χ1) is 24.5. The van der Waals surface area contributed by atoms with Crippen LogP contribution in [0.2, 0.25) is 0 Å². The maximum Gasteiger partial charge on any atom is 0.415 e. The van der Waals surface area contributed by atoms with E-state index in [0.29, 0.717) is 62.7 Å². The van der Waals surface area contributed by atoms with Crippen LogP contribution in [0.15, 0.2) is 78.2 Å². The molecule has 1 saturated heterocycles. The number of aryl methyl sites for hydroxylation is 1. The zero-order valence-corrected chi connectivity index (χ0v) is 30.4. The van der Waals surface area contributed by atoms with E-state index >= 15 is 0 Å². The molecule has 3 amide bonds. The first-order valence-corrected chi connectivity index (χ1v) is 18.1. The minimum atomic E-state index is -0.946. The summed E-state index contributed by atoms with van der Waals surface area (Å²) in [7, 11) is 1.71. The molecular weight excluding hydrogens is 667 g/mol. The topological polar surface area (TPSA) is 133 Å². The lowest BCUT2D eigenvalue weighted by Crippen LogP contribution is -2.48. The SMILES string of the molecule is Cc1csc(CN(C)C(=O)c2cccc(C(=O)NC(Cc3ccccc3)C(O)CNCc3cc(OC(=O)N4CCOCC4)cc(C(C)C)c3)c2)n1. The van der Waals surface area contributed by atoms with Crippen molar-refractivity contribution in [2.24, 2.45) is 0 Å². The summed E-state index contributed by atoms with van der Waals surface area (Å²) >= 11 is 1.50. The molecule has 0 bridgehead atoms. The summed E-state index contributed by atoms with van der Waals surface area (Å²) in [5, 5.41) is 20.6. The standard InChI is InChI=1S/C39H47N5O6S/c1-26(2)32-17-29(18-33(21-32)50-39(48)44-13-15-49-16-14-44)22-40-23-35(45)34(19-28-9-6-5-7-10-28)42-37(46)30-11-8-12-31(20-30)38(47)43(4)24-36-41-27(3)25-51-36/h5-12,17-18,20-21,25-26,34-35,40,45H,13-16,19,22-24H2,1-4H3,(H,42,46). The van der Waals surface area contributed by atoms with Crippen LogP contribution in [0.3, 0.4) is 0 Å². The summed E-state index contributed by atoms with van der Waals surface area (Å²) in [5.41, 5.74) is 4.51. The smallest absolute Gasteiger partial charge is 0.410 e. The van der Waals surface area contributed by atoms with Gasteiger partial charge in [0, 0.05) is 55.4 Å². The van der Waals surface area contributed by atoms with Crippen molar-refractivity contribution in [1.29, 1.82) is 0 Å². The molecule has 2 atom stereocenters. The van der Waals surface area contributed by atoms with Gasteiger partial charge in [-0.1, -0.05) is 56.3 Å². The minimum Gasteiger partial charge on any atom is -0.410 e. The molecule has 270 valence electrons. The molecule has 11 nitrogen and oxygen atoms in total. The number of aliphatic hydroxyl groups is 1. The van der Waals surface area contributed by atoms with E-state index in [1.807, 2.05) is 54.8 Å². The number of aliphatic hydroxyl groups excluding tert-OH is 1. The van der Waals surface area contributed by atoms with Crippen LogP contribution in [0, 0.1) is 6.92 Å². The number of morpholine rings is 1. The van der Waals surface area contributed by atoms with Gasteiger partial charge in [0.15, 0.2) is 0 Å². The average Bonchev–Trinajstić information content (AvgIpc) is 3.55. The first kappa shape index (κ1) is 37.6. The Hall–Kier alpha value is -4.62. The third-order valence-electron chi connectivity index (χ3n) is 8.65. The molecule has 3 N–H and O–H groups in total. The summed E-state index contributed by atoms with van der Waals surface area (Å²) in [6.07, 6.45) is -0.950. The number of hydrogen-bond acceptors (Lipinski definition) is 9. The number of carbonyl (C=O) groups excluding carboxylic acids is 3. The predicted octanol–water partition coefficient (Wildman–Crippen LogP) is 5.17. The normalized spacial score (nSPS) is 14.2. The van der Waals surface area contributed by atoms with E-state index in [9.17, 15) is 19.5 Å². The summed E-state index contributed by atoms with van der Waals surface area (Å²) in [5.74, 6) is 0.0649. The van der Waals surface area contributed by atoms with Crippen molar-refractivity contribution in [1.82, 2.24) is 25.4 Å². The van der Waals surface area contributed by atoms with Crippen LogP contribution >= 0.6 is 11.3 Å². The first-order valence-electron chi connectivity index (χ1n) is 17.2. The summed E-state index contributed by atoms with van der Waals surface area (Å²) in [4.78, 5) is 47.3. The fraction of sp³-hybridized carbons (Fsp3) is 0.385. The van der Waals surface area contributed by atoms with E-state index in [-0.39, 0.29) is 24.3 Å². The number of benzene rings is 3.